The average Bonchev–Trinajstić information content (AvgIpc) is 2.45. The minimum atomic E-state index is -4.39. The first-order valence-electron chi connectivity index (χ1n) is 6.06. The zero-order valence-electron chi connectivity index (χ0n) is 10.8. The number of nitrogens with zero attached hydrogens (tertiary/aromatic N) is 1. The zero-order valence-corrected chi connectivity index (χ0v) is 10.8. The molecule has 0 bridgehead atoms. The van der Waals surface area contributed by atoms with Gasteiger partial charge in [-0.05, 0) is 23.8 Å². The summed E-state index contributed by atoms with van der Waals surface area (Å²) in [6.45, 7) is -0.924. The molecule has 0 aliphatic rings. The van der Waals surface area contributed by atoms with Crippen LogP contribution in [0.4, 0.5) is 23.2 Å². The van der Waals surface area contributed by atoms with Crippen LogP contribution in [0.25, 0.3) is 0 Å². The van der Waals surface area contributed by atoms with E-state index in [1.165, 1.54) is 24.4 Å². The van der Waals surface area contributed by atoms with E-state index in [4.69, 9.17) is 0 Å². The van der Waals surface area contributed by atoms with Gasteiger partial charge in [-0.1, -0.05) is 12.1 Å². The normalized spacial score (nSPS) is 11.2. The first-order valence-corrected chi connectivity index (χ1v) is 6.06. The molecule has 0 aliphatic carbocycles. The van der Waals surface area contributed by atoms with E-state index >= 15 is 0 Å². The Bertz CT molecular complexity index is 567. The average molecular weight is 300 g/mol. The molecule has 1 aromatic carbocycles. The Kier molecular flexibility index (Phi) is 4.62. The van der Waals surface area contributed by atoms with Gasteiger partial charge in [0.1, 0.15) is 5.82 Å². The Morgan fingerprint density at radius 1 is 1.05 bits per heavy atom. The molecule has 0 saturated carbocycles. The molecular weight excluding hydrogens is 288 g/mol. The van der Waals surface area contributed by atoms with Crippen molar-refractivity contribution < 1.29 is 22.3 Å². The van der Waals surface area contributed by atoms with E-state index in [2.05, 4.69) is 15.0 Å². The van der Waals surface area contributed by atoms with Gasteiger partial charge in [-0.25, -0.2) is 9.37 Å². The molecule has 3 nitrogen and oxygen atoms in total. The molecule has 7 heteroatoms. The number of ether oxygens (including phenoxy) is 1. The van der Waals surface area contributed by atoms with Gasteiger partial charge in [0.15, 0.2) is 6.61 Å². The highest BCUT2D eigenvalue weighted by Crippen LogP contribution is 2.18. The zero-order chi connectivity index (χ0) is 15.3. The first kappa shape index (κ1) is 15.1. The van der Waals surface area contributed by atoms with Crippen LogP contribution in [0.3, 0.4) is 0 Å². The molecule has 2 rings (SSSR count). The van der Waals surface area contributed by atoms with Gasteiger partial charge in [-0.15, -0.1) is 0 Å². The molecule has 1 N–H and O–H groups in total. The number of pyridine rings is 1. The van der Waals surface area contributed by atoms with Crippen molar-refractivity contribution >= 4 is 5.69 Å². The van der Waals surface area contributed by atoms with Crippen molar-refractivity contribution in [3.05, 3.63) is 54.0 Å². The molecule has 0 atom stereocenters. The van der Waals surface area contributed by atoms with Gasteiger partial charge < -0.3 is 10.1 Å². The molecule has 21 heavy (non-hydrogen) atoms. The molecule has 0 radical (unpaired) electrons. The van der Waals surface area contributed by atoms with Gasteiger partial charge in [0, 0.05) is 12.6 Å². The molecule has 1 heterocycles. The highest BCUT2D eigenvalue weighted by molar-refractivity contribution is 5.42. The second-order valence-electron chi connectivity index (χ2n) is 4.27. The number of anilines is 1. The van der Waals surface area contributed by atoms with Crippen molar-refractivity contribution in [1.82, 2.24) is 4.98 Å². The van der Waals surface area contributed by atoms with Crippen molar-refractivity contribution in [1.29, 1.82) is 0 Å². The van der Waals surface area contributed by atoms with Crippen LogP contribution in [0.15, 0.2) is 42.6 Å². The number of benzene rings is 1. The summed E-state index contributed by atoms with van der Waals surface area (Å²) in [7, 11) is 0. The number of hydrogen-bond donors (Lipinski definition) is 1. The first-order chi connectivity index (χ1) is 9.92. The maximum absolute atomic E-state index is 12.7. The Balaban J connectivity index is 1.86. The van der Waals surface area contributed by atoms with E-state index in [1.807, 2.05) is 0 Å². The lowest BCUT2D eigenvalue weighted by molar-refractivity contribution is -0.154. The Morgan fingerprint density at radius 3 is 2.33 bits per heavy atom. The quantitative estimate of drug-likeness (QED) is 0.853. The third kappa shape index (κ3) is 5.29. The number of aromatic nitrogens is 1. The second kappa shape index (κ2) is 6.43. The summed E-state index contributed by atoms with van der Waals surface area (Å²) >= 11 is 0. The monoisotopic (exact) mass is 300 g/mol. The molecule has 0 aliphatic heterocycles. The topological polar surface area (TPSA) is 34.1 Å². The fraction of sp³-hybridized carbons (Fsp3) is 0.214. The number of rotatable bonds is 5. The predicted octanol–water partition coefficient (Wildman–Crippen LogP) is 3.77. The lowest BCUT2D eigenvalue weighted by atomic mass is 10.2. The minimum Gasteiger partial charge on any atom is -0.468 e. The fourth-order valence-electron chi connectivity index (χ4n) is 1.53. The van der Waals surface area contributed by atoms with Crippen molar-refractivity contribution in [2.24, 2.45) is 0 Å². The Hall–Kier alpha value is -2.31. The number of alkyl halides is 3. The number of nitrogens with one attached hydrogen (secondary N) is 1. The number of hydrogen-bond acceptors (Lipinski definition) is 3. The lowest BCUT2D eigenvalue weighted by Crippen LogP contribution is -2.19. The van der Waals surface area contributed by atoms with Gasteiger partial charge in [0.25, 0.3) is 0 Å². The van der Waals surface area contributed by atoms with Crippen LogP contribution in [0.2, 0.25) is 0 Å². The predicted molar refractivity (Wildman–Crippen MR) is 69.5 cm³/mol. The summed E-state index contributed by atoms with van der Waals surface area (Å²) in [5.41, 5.74) is 1.49. The van der Waals surface area contributed by atoms with Crippen LogP contribution in [0.1, 0.15) is 5.56 Å². The largest absolute Gasteiger partial charge is 0.468 e. The van der Waals surface area contributed by atoms with Gasteiger partial charge in [0.05, 0.1) is 11.9 Å². The SMILES string of the molecule is Fc1ccc(CNc2ccc(OCC(F)(F)F)nc2)cc1. The smallest absolute Gasteiger partial charge is 0.422 e. The molecule has 0 spiro atoms. The van der Waals surface area contributed by atoms with Crippen LogP contribution < -0.4 is 10.1 Å². The van der Waals surface area contributed by atoms with E-state index in [0.29, 0.717) is 12.2 Å². The van der Waals surface area contributed by atoms with Crippen LogP contribution in [-0.4, -0.2) is 17.8 Å². The second-order valence-corrected chi connectivity index (χ2v) is 4.27. The maximum atomic E-state index is 12.7. The van der Waals surface area contributed by atoms with Crippen LogP contribution in [-0.2, 0) is 6.54 Å². The molecule has 0 unspecified atom stereocenters. The fourth-order valence-corrected chi connectivity index (χ4v) is 1.53. The van der Waals surface area contributed by atoms with Crippen molar-refractivity contribution in [3.63, 3.8) is 0 Å². The molecule has 112 valence electrons. The van der Waals surface area contributed by atoms with Gasteiger partial charge in [0.2, 0.25) is 5.88 Å². The summed E-state index contributed by atoms with van der Waals surface area (Å²) in [4.78, 5) is 3.76. The Morgan fingerprint density at radius 2 is 1.76 bits per heavy atom. The van der Waals surface area contributed by atoms with E-state index in [-0.39, 0.29) is 11.7 Å². The van der Waals surface area contributed by atoms with E-state index in [1.54, 1.807) is 18.2 Å². The summed E-state index contributed by atoms with van der Waals surface area (Å²) in [5, 5.41) is 3.02. The van der Waals surface area contributed by atoms with Crippen molar-refractivity contribution in [3.8, 4) is 5.88 Å². The highest BCUT2D eigenvalue weighted by Gasteiger charge is 2.28. The molecule has 0 saturated heterocycles. The van der Waals surface area contributed by atoms with E-state index in [0.717, 1.165) is 5.56 Å². The summed E-state index contributed by atoms with van der Waals surface area (Å²) < 4.78 is 53.1. The summed E-state index contributed by atoms with van der Waals surface area (Å²) in [5.74, 6) is -0.411. The van der Waals surface area contributed by atoms with Gasteiger partial charge >= 0.3 is 6.18 Å². The van der Waals surface area contributed by atoms with Crippen molar-refractivity contribution in [2.75, 3.05) is 11.9 Å². The molecule has 0 fully saturated rings. The maximum Gasteiger partial charge on any atom is 0.422 e. The van der Waals surface area contributed by atoms with E-state index in [9.17, 15) is 17.6 Å². The van der Waals surface area contributed by atoms with E-state index < -0.39 is 12.8 Å². The Labute approximate surface area is 118 Å². The molecule has 0 amide bonds. The third-order valence-corrected chi connectivity index (χ3v) is 2.53. The van der Waals surface area contributed by atoms with Crippen LogP contribution in [0, 0.1) is 5.82 Å². The van der Waals surface area contributed by atoms with Gasteiger partial charge in [-0.3, -0.25) is 0 Å². The standard InChI is InChI=1S/C14H12F4N2O/c15-11-3-1-10(2-4-11)7-19-12-5-6-13(20-8-12)21-9-14(16,17)18/h1-6,8,19H,7,9H2. The summed E-state index contributed by atoms with van der Waals surface area (Å²) in [6, 6.07) is 8.88. The van der Waals surface area contributed by atoms with Crippen LogP contribution >= 0.6 is 0 Å². The molecular formula is C14H12F4N2O. The van der Waals surface area contributed by atoms with Crippen LogP contribution in [0.5, 0.6) is 5.88 Å². The molecule has 1 aromatic heterocycles. The minimum absolute atomic E-state index is 0.0975. The lowest BCUT2D eigenvalue weighted by Gasteiger charge is -2.09. The molecule has 2 aromatic rings. The highest BCUT2D eigenvalue weighted by atomic mass is 19.4. The third-order valence-electron chi connectivity index (χ3n) is 2.53. The summed E-state index contributed by atoms with van der Waals surface area (Å²) in [6.07, 6.45) is -3.02. The van der Waals surface area contributed by atoms with Crippen molar-refractivity contribution in [2.45, 2.75) is 12.7 Å². The number of halogens is 4. The van der Waals surface area contributed by atoms with Gasteiger partial charge in [-0.2, -0.15) is 13.2 Å².